The molecule has 7 fully saturated rings. The van der Waals surface area contributed by atoms with E-state index in [2.05, 4.69) is 54.7 Å². The quantitative estimate of drug-likeness (QED) is 0.0597. The van der Waals surface area contributed by atoms with E-state index in [4.69, 9.17) is 38.5 Å². The summed E-state index contributed by atoms with van der Waals surface area (Å²) in [5.41, 5.74) is 0.641. The number of fused-ring (bicyclic) bond motifs is 10. The van der Waals surface area contributed by atoms with Crippen LogP contribution >= 0.6 is 0 Å². The number of hydrogen-bond donors (Lipinski definition) is 2. The number of aliphatic hydroxyl groups excluding tert-OH is 2. The van der Waals surface area contributed by atoms with E-state index in [1.54, 1.807) is 0 Å². The molecule has 12 heteroatoms. The summed E-state index contributed by atoms with van der Waals surface area (Å²) in [5.74, 6) is 2.00. The van der Waals surface area contributed by atoms with Gasteiger partial charge >= 0.3 is 11.9 Å². The van der Waals surface area contributed by atoms with Gasteiger partial charge < -0.3 is 38.9 Å². The van der Waals surface area contributed by atoms with Crippen LogP contribution in [0.2, 0.25) is 0 Å². The van der Waals surface area contributed by atoms with Crippen molar-refractivity contribution in [2.45, 2.75) is 207 Å². The van der Waals surface area contributed by atoms with Crippen LogP contribution in [-0.4, -0.2) is 84.2 Å². The normalized spacial score (nSPS) is 44.6. The summed E-state index contributed by atoms with van der Waals surface area (Å²) in [5, 5.41) is 22.5. The molecule has 6 aliphatic carbocycles. The van der Waals surface area contributed by atoms with Crippen LogP contribution in [0.15, 0.2) is 36.3 Å². The molecule has 0 spiro atoms. The largest absolute Gasteiger partial charge is 0.462 e. The van der Waals surface area contributed by atoms with Crippen LogP contribution in [0.1, 0.15) is 158 Å². The topological polar surface area (TPSA) is 148 Å². The van der Waals surface area contributed by atoms with Gasteiger partial charge in [0.15, 0.2) is 0 Å². The highest BCUT2D eigenvalue weighted by Gasteiger charge is 2.65. The van der Waals surface area contributed by atoms with E-state index in [0.29, 0.717) is 43.0 Å². The van der Waals surface area contributed by atoms with Gasteiger partial charge in [0.05, 0.1) is 37.6 Å². The van der Waals surface area contributed by atoms with Crippen molar-refractivity contribution < 1.29 is 58.3 Å². The van der Waals surface area contributed by atoms with Crippen LogP contribution in [0, 0.1) is 51.2 Å². The Balaban J connectivity index is 0.000000189. The average Bonchev–Trinajstić information content (AvgIpc) is 3.75. The summed E-state index contributed by atoms with van der Waals surface area (Å²) in [4.78, 5) is 45.9. The number of carbonyl (C=O) groups excluding carboxylic acids is 2. The average molecular weight is 885 g/mol. The van der Waals surface area contributed by atoms with Crippen LogP contribution in [0.3, 0.4) is 0 Å². The molecule has 8 aliphatic rings. The van der Waals surface area contributed by atoms with Gasteiger partial charge in [-0.1, -0.05) is 73.3 Å². The molecule has 0 aromatic rings. The molecule has 0 amide bonds. The first kappa shape index (κ1) is 48.5. The Morgan fingerprint density at radius 2 is 1.30 bits per heavy atom. The molecule has 63 heavy (non-hydrogen) atoms. The first-order valence-electron chi connectivity index (χ1n) is 24.6. The minimum absolute atomic E-state index is 0.0176. The number of allylic oxidation sites excluding steroid dienone is 2. The van der Waals surface area contributed by atoms with Crippen LogP contribution in [0.4, 0.5) is 0 Å². The maximum Gasteiger partial charge on any atom is 0.305 e. The highest BCUT2D eigenvalue weighted by molar-refractivity contribution is 5.69. The number of esters is 2. The lowest BCUT2D eigenvalue weighted by Gasteiger charge is -2.61. The van der Waals surface area contributed by atoms with Crippen LogP contribution in [0.25, 0.3) is 0 Å². The molecule has 0 bridgehead atoms. The van der Waals surface area contributed by atoms with Crippen molar-refractivity contribution in [2.75, 3.05) is 13.2 Å². The molecule has 8 rings (SSSR count). The Morgan fingerprint density at radius 1 is 0.730 bits per heavy atom. The zero-order chi connectivity index (χ0) is 45.5. The summed E-state index contributed by atoms with van der Waals surface area (Å²) in [6.45, 7) is 25.4. The minimum atomic E-state index is -0.566. The monoisotopic (exact) mass is 885 g/mol. The Kier molecular flexibility index (Phi) is 14.9. The summed E-state index contributed by atoms with van der Waals surface area (Å²) in [6, 6.07) is 0. The Bertz CT molecular complexity index is 1700. The van der Waals surface area contributed by atoms with E-state index in [0.717, 1.165) is 96.3 Å². The number of ether oxygens (including phenoxy) is 4. The fourth-order valence-corrected chi connectivity index (χ4v) is 14.0. The maximum absolute atomic E-state index is 12.0. The Morgan fingerprint density at radius 3 is 1.90 bits per heavy atom. The van der Waals surface area contributed by atoms with E-state index >= 15 is 0 Å². The van der Waals surface area contributed by atoms with Gasteiger partial charge in [0, 0.05) is 54.3 Å². The maximum atomic E-state index is 12.0. The van der Waals surface area contributed by atoms with Gasteiger partial charge in [-0.15, -0.1) is 0 Å². The molecule has 2 N–H and O–H groups in total. The van der Waals surface area contributed by atoms with Gasteiger partial charge in [0.25, 0.3) is 0 Å². The van der Waals surface area contributed by atoms with E-state index < -0.39 is 12.2 Å². The molecule has 5 saturated carbocycles. The molecule has 2 saturated heterocycles. The third-order valence-electron chi connectivity index (χ3n) is 17.6. The zero-order valence-corrected chi connectivity index (χ0v) is 39.7. The molecule has 0 aromatic carbocycles. The van der Waals surface area contributed by atoms with Crippen molar-refractivity contribution in [3.63, 3.8) is 0 Å². The van der Waals surface area contributed by atoms with Gasteiger partial charge in [-0.05, 0) is 107 Å². The molecule has 8 unspecified atom stereocenters. The van der Waals surface area contributed by atoms with Crippen molar-refractivity contribution >= 4 is 11.9 Å². The number of rotatable bonds is 13. The van der Waals surface area contributed by atoms with Crippen molar-refractivity contribution in [2.24, 2.45) is 51.2 Å². The second-order valence-electron chi connectivity index (χ2n) is 21.7. The third kappa shape index (κ3) is 9.30. The first-order chi connectivity index (χ1) is 29.9. The van der Waals surface area contributed by atoms with Gasteiger partial charge in [0.2, 0.25) is 0 Å². The Labute approximate surface area is 377 Å². The van der Waals surface area contributed by atoms with Crippen LogP contribution in [-0.2, 0) is 48.1 Å². The van der Waals surface area contributed by atoms with Gasteiger partial charge in [0.1, 0.15) is 35.9 Å². The number of carbonyl (C=O) groups is 2. The molecule has 17 atom stereocenters. The lowest BCUT2D eigenvalue weighted by atomic mass is 9.50. The van der Waals surface area contributed by atoms with E-state index in [9.17, 15) is 19.8 Å². The van der Waals surface area contributed by atoms with Crippen molar-refractivity contribution in [1.29, 1.82) is 0 Å². The number of aliphatic hydroxyl groups is 2. The highest BCUT2D eigenvalue weighted by Crippen LogP contribution is 2.63. The highest BCUT2D eigenvalue weighted by atomic mass is 17.2. The van der Waals surface area contributed by atoms with Crippen molar-refractivity contribution in [3.05, 3.63) is 36.3 Å². The Hall–Kier alpha value is -2.48. The zero-order valence-electron chi connectivity index (χ0n) is 39.7. The summed E-state index contributed by atoms with van der Waals surface area (Å²) >= 11 is 0. The summed E-state index contributed by atoms with van der Waals surface area (Å²) < 4.78 is 24.6. The van der Waals surface area contributed by atoms with Crippen LogP contribution in [0.5, 0.6) is 0 Å². The molecular weight excluding hydrogens is 805 g/mol. The van der Waals surface area contributed by atoms with E-state index in [-0.39, 0.29) is 88.0 Å². The SMILES string of the molecule is C=C(CCC)OO[C@H]1CC[C@@]2(C)C(=C[C@H](O)C3C4CCC(OC(C)=O)[C@@]4(C)COC32)C1.C=C(CCC)OO[C@H]1CC[C@@]2(C)C(C1)C[C@H](O)C1C2OC[C@@]2(C)C1CC[C@@H]2OC(=O)CC. The smallest absolute Gasteiger partial charge is 0.305 e. The minimum Gasteiger partial charge on any atom is -0.462 e. The molecule has 2 aliphatic heterocycles. The van der Waals surface area contributed by atoms with E-state index in [1.165, 1.54) is 12.5 Å². The predicted molar refractivity (Wildman–Crippen MR) is 236 cm³/mol. The number of hydrogen-bond acceptors (Lipinski definition) is 12. The fourth-order valence-electron chi connectivity index (χ4n) is 14.0. The molecule has 2 heterocycles. The molecular formula is C51H80O12. The van der Waals surface area contributed by atoms with Gasteiger partial charge in [-0.25, -0.2) is 0 Å². The van der Waals surface area contributed by atoms with Gasteiger partial charge in [-0.3, -0.25) is 9.59 Å². The van der Waals surface area contributed by atoms with Gasteiger partial charge in [-0.2, -0.15) is 9.78 Å². The summed E-state index contributed by atoms with van der Waals surface area (Å²) in [6.07, 6.45) is 14.5. The predicted octanol–water partition coefficient (Wildman–Crippen LogP) is 9.41. The second-order valence-corrected chi connectivity index (χ2v) is 21.7. The molecule has 12 nitrogen and oxygen atoms in total. The van der Waals surface area contributed by atoms with Crippen LogP contribution < -0.4 is 0 Å². The second kappa shape index (κ2) is 19.4. The van der Waals surface area contributed by atoms with Crippen molar-refractivity contribution in [1.82, 2.24) is 0 Å². The fraction of sp³-hybridized carbons (Fsp3) is 0.843. The molecule has 356 valence electrons. The lowest BCUT2D eigenvalue weighted by molar-refractivity contribution is -0.318. The summed E-state index contributed by atoms with van der Waals surface area (Å²) in [7, 11) is 0. The first-order valence-corrected chi connectivity index (χ1v) is 24.6. The lowest BCUT2D eigenvalue weighted by Crippen LogP contribution is -2.64. The standard InChI is InChI=1S/C26H42O6.C25H38O6/c1-6-8-16(3)31-32-18-11-12-25(4)17(13-18)14-20(27)23-19-9-10-21(30-22(28)7-2)26(19,5)15-29-24(23)25;1-6-7-15(2)30-31-18-10-11-24(4)17(12-18)13-20(27)22-19-8-9-21(29-16(3)26)25(19,5)14-28-23(22)24/h17-21,23-24,27H,3,6-15H2,1-2,4-5H3;13,18-23,27H,2,6-12,14H2,1,3-5H3/t17?,18-,19?,20-,21-,23?,24?,25-,26-;18-,19?,20-,21?,22?,23?,24-,25-/m00/s1. The molecule has 0 aromatic heterocycles. The third-order valence-corrected chi connectivity index (χ3v) is 17.6. The van der Waals surface area contributed by atoms with Crippen molar-refractivity contribution in [3.8, 4) is 0 Å². The molecule has 0 radical (unpaired) electrons. The van der Waals surface area contributed by atoms with E-state index in [1.807, 2.05) is 13.0 Å².